The van der Waals surface area contributed by atoms with E-state index in [4.69, 9.17) is 4.74 Å². The third kappa shape index (κ3) is 5.65. The predicted octanol–water partition coefficient (Wildman–Crippen LogP) is 1.48. The zero-order chi connectivity index (χ0) is 26.5. The summed E-state index contributed by atoms with van der Waals surface area (Å²) >= 11 is 0. The molecule has 2 saturated carbocycles. The number of piperidine rings is 1. The van der Waals surface area contributed by atoms with Crippen molar-refractivity contribution in [3.63, 3.8) is 0 Å². The molecule has 0 bridgehead atoms. The van der Waals surface area contributed by atoms with Crippen molar-refractivity contribution >= 4 is 23.7 Å². The first-order chi connectivity index (χ1) is 16.1. The van der Waals surface area contributed by atoms with E-state index in [1.54, 1.807) is 18.7 Å². The summed E-state index contributed by atoms with van der Waals surface area (Å²) < 4.78 is 4.70. The maximum atomic E-state index is 13.8. The number of nitrogens with zero attached hydrogens (tertiary/aromatic N) is 1. The van der Waals surface area contributed by atoms with Gasteiger partial charge in [-0.25, -0.2) is 4.79 Å². The summed E-state index contributed by atoms with van der Waals surface area (Å²) in [6, 6.07) is -2.29. The third-order valence-electron chi connectivity index (χ3n) is 8.12. The largest absolute Gasteiger partial charge is 0.467 e. The van der Waals surface area contributed by atoms with E-state index in [0.717, 1.165) is 12.8 Å². The van der Waals surface area contributed by atoms with Crippen molar-refractivity contribution < 1.29 is 29.0 Å². The zero-order valence-corrected chi connectivity index (χ0v) is 22.4. The Morgan fingerprint density at radius 3 is 2.20 bits per heavy atom. The lowest BCUT2D eigenvalue weighted by Crippen LogP contribution is -2.61. The molecule has 0 aromatic rings. The topological polar surface area (TPSA) is 125 Å². The fourth-order valence-electron chi connectivity index (χ4n) is 5.47. The molecule has 3 rings (SSSR count). The Balaban J connectivity index is 1.84. The van der Waals surface area contributed by atoms with Crippen LogP contribution in [0, 0.1) is 34.5 Å². The number of nitrogens with one attached hydrogen (secondary N) is 2. The van der Waals surface area contributed by atoms with Crippen molar-refractivity contribution in [2.45, 2.75) is 92.0 Å². The second kappa shape index (κ2) is 9.71. The lowest BCUT2D eigenvalue weighted by Gasteiger charge is -2.38. The minimum atomic E-state index is -1.47. The summed E-state index contributed by atoms with van der Waals surface area (Å²) in [5.74, 6) is -1.42. The van der Waals surface area contributed by atoms with E-state index < -0.39 is 35.6 Å². The van der Waals surface area contributed by atoms with E-state index in [9.17, 15) is 24.3 Å². The van der Waals surface area contributed by atoms with Crippen molar-refractivity contribution in [3.05, 3.63) is 0 Å². The van der Waals surface area contributed by atoms with Crippen LogP contribution >= 0.6 is 0 Å². The Morgan fingerprint density at radius 2 is 1.71 bits per heavy atom. The molecule has 3 fully saturated rings. The fraction of sp³-hybridized carbons (Fsp3) is 0.846. The first-order valence-electron chi connectivity index (χ1n) is 12.8. The van der Waals surface area contributed by atoms with E-state index in [1.807, 2.05) is 20.8 Å². The molecule has 1 heterocycles. The van der Waals surface area contributed by atoms with E-state index in [0.29, 0.717) is 18.9 Å². The molecule has 0 radical (unpaired) electrons. The van der Waals surface area contributed by atoms with Gasteiger partial charge in [-0.2, -0.15) is 0 Å². The fourth-order valence-corrected chi connectivity index (χ4v) is 5.47. The number of fused-ring (bicyclic) bond motifs is 1. The Morgan fingerprint density at radius 1 is 1.11 bits per heavy atom. The summed E-state index contributed by atoms with van der Waals surface area (Å²) in [5, 5.41) is 16.3. The van der Waals surface area contributed by atoms with Crippen LogP contribution in [0.4, 0.5) is 0 Å². The van der Waals surface area contributed by atoms with Gasteiger partial charge in [-0.15, -0.1) is 0 Å². The molecule has 1 aliphatic heterocycles. The molecular formula is C26H43N3O6. The summed E-state index contributed by atoms with van der Waals surface area (Å²) in [5.41, 5.74) is -0.648. The van der Waals surface area contributed by atoms with Gasteiger partial charge >= 0.3 is 5.97 Å². The van der Waals surface area contributed by atoms with Gasteiger partial charge in [-0.1, -0.05) is 61.3 Å². The molecule has 35 heavy (non-hydrogen) atoms. The van der Waals surface area contributed by atoms with Gasteiger partial charge in [0.15, 0.2) is 6.10 Å². The van der Waals surface area contributed by atoms with Crippen LogP contribution in [0.15, 0.2) is 0 Å². The van der Waals surface area contributed by atoms with Crippen LogP contribution in [0.5, 0.6) is 0 Å². The Labute approximate surface area is 208 Å². The molecule has 0 spiro atoms. The van der Waals surface area contributed by atoms with Crippen molar-refractivity contribution in [1.29, 1.82) is 0 Å². The van der Waals surface area contributed by atoms with Crippen LogP contribution in [0.25, 0.3) is 0 Å². The van der Waals surface area contributed by atoms with Gasteiger partial charge in [0.05, 0.1) is 13.2 Å². The number of carbonyl (C=O) groups excluding carboxylic acids is 4. The van der Waals surface area contributed by atoms with Gasteiger partial charge in [0.2, 0.25) is 17.7 Å². The normalized spacial score (nSPS) is 27.5. The summed E-state index contributed by atoms with van der Waals surface area (Å²) in [6.07, 6.45) is 1.00. The van der Waals surface area contributed by atoms with E-state index in [-0.39, 0.29) is 40.9 Å². The number of likely N-dealkylation sites (tertiary alicyclic amines) is 1. The summed E-state index contributed by atoms with van der Waals surface area (Å²) in [6.45, 7) is 13.9. The summed E-state index contributed by atoms with van der Waals surface area (Å²) in [4.78, 5) is 53.6. The number of aliphatic hydroxyl groups excluding tert-OH is 1. The highest BCUT2D eigenvalue weighted by Crippen LogP contribution is 2.65. The molecule has 3 unspecified atom stereocenters. The van der Waals surface area contributed by atoms with Crippen molar-refractivity contribution in [2.75, 3.05) is 13.7 Å². The molecule has 3 N–H and O–H groups in total. The molecule has 6 atom stereocenters. The van der Waals surface area contributed by atoms with Crippen molar-refractivity contribution in [3.8, 4) is 0 Å². The number of carbonyl (C=O) groups is 4. The maximum Gasteiger partial charge on any atom is 0.336 e. The highest BCUT2D eigenvalue weighted by atomic mass is 16.5. The average molecular weight is 494 g/mol. The number of amides is 3. The molecule has 1 saturated heterocycles. The van der Waals surface area contributed by atoms with Crippen LogP contribution < -0.4 is 10.6 Å². The zero-order valence-electron chi connectivity index (χ0n) is 22.4. The van der Waals surface area contributed by atoms with Crippen LogP contribution in [0.1, 0.15) is 67.7 Å². The third-order valence-corrected chi connectivity index (χ3v) is 8.12. The lowest BCUT2D eigenvalue weighted by atomic mass is 9.84. The van der Waals surface area contributed by atoms with Gasteiger partial charge in [-0.05, 0) is 35.0 Å². The van der Waals surface area contributed by atoms with Crippen molar-refractivity contribution in [1.82, 2.24) is 15.5 Å². The van der Waals surface area contributed by atoms with Crippen LogP contribution in [-0.4, -0.2) is 71.6 Å². The monoisotopic (exact) mass is 493 g/mol. The Kier molecular flexibility index (Phi) is 7.61. The standard InChI is InChI=1S/C26H43N3O6/c1-13(2)21(31)28-20(25(3,4)5)23(33)29-12-15-17(26(15,6)7)18(29)22(32)27-16(11-14-9-10-14)19(30)24(34)35-8/h13-20,30H,9-12H2,1-8H3,(H,27,32)(H,28,31)/t15-,16?,17-,18-,19?,20?/m0/s1. The van der Waals surface area contributed by atoms with Gasteiger partial charge < -0.3 is 25.4 Å². The second-order valence-corrected chi connectivity index (χ2v) is 12.6. The summed E-state index contributed by atoms with van der Waals surface area (Å²) in [7, 11) is 1.20. The van der Waals surface area contributed by atoms with Gasteiger partial charge in [0, 0.05) is 12.5 Å². The first-order valence-corrected chi connectivity index (χ1v) is 12.8. The SMILES string of the molecule is COC(=O)C(O)C(CC1CC1)NC(=O)[C@@H]1[C@@H]2[C@H](CN1C(=O)C(NC(=O)C(C)C)C(C)(C)C)C2(C)C. The highest BCUT2D eigenvalue weighted by Gasteiger charge is 2.70. The smallest absolute Gasteiger partial charge is 0.336 e. The minimum absolute atomic E-state index is 0.0234. The lowest BCUT2D eigenvalue weighted by molar-refractivity contribution is -0.153. The van der Waals surface area contributed by atoms with E-state index >= 15 is 0 Å². The molecule has 0 aromatic heterocycles. The van der Waals surface area contributed by atoms with E-state index in [2.05, 4.69) is 24.5 Å². The number of hydrogen-bond donors (Lipinski definition) is 3. The number of ether oxygens (including phenoxy) is 1. The van der Waals surface area contributed by atoms with Gasteiger partial charge in [-0.3, -0.25) is 14.4 Å². The Hall–Kier alpha value is -2.16. The molecule has 0 aromatic carbocycles. The molecule has 3 amide bonds. The molecule has 2 aliphatic carbocycles. The minimum Gasteiger partial charge on any atom is -0.467 e. The number of methoxy groups -OCH3 is 1. The highest BCUT2D eigenvalue weighted by molar-refractivity contribution is 5.94. The second-order valence-electron chi connectivity index (χ2n) is 12.6. The van der Waals surface area contributed by atoms with Crippen molar-refractivity contribution in [2.24, 2.45) is 34.5 Å². The van der Waals surface area contributed by atoms with Crippen LogP contribution in [0.3, 0.4) is 0 Å². The quantitative estimate of drug-likeness (QED) is 0.418. The van der Waals surface area contributed by atoms with E-state index in [1.165, 1.54) is 7.11 Å². The molecule has 198 valence electrons. The van der Waals surface area contributed by atoms with Gasteiger partial charge in [0.25, 0.3) is 0 Å². The maximum absolute atomic E-state index is 13.8. The molecule has 9 nitrogen and oxygen atoms in total. The number of aliphatic hydroxyl groups is 1. The Bertz CT molecular complexity index is 860. The number of esters is 1. The first kappa shape index (κ1) is 27.4. The van der Waals surface area contributed by atoms with Crippen LogP contribution in [0.2, 0.25) is 0 Å². The molecular weight excluding hydrogens is 450 g/mol. The predicted molar refractivity (Wildman–Crippen MR) is 130 cm³/mol. The molecule has 9 heteroatoms. The molecule has 3 aliphatic rings. The number of rotatable bonds is 9. The van der Waals surface area contributed by atoms with Crippen LogP contribution in [-0.2, 0) is 23.9 Å². The average Bonchev–Trinajstić information content (AvgIpc) is 3.61. The number of hydrogen-bond acceptors (Lipinski definition) is 6. The van der Waals surface area contributed by atoms with Gasteiger partial charge in [0.1, 0.15) is 12.1 Å².